The largest absolute Gasteiger partial charge is 0.467 e. The smallest absolute Gasteiger partial charge is 0.321 e. The van der Waals surface area contributed by atoms with Gasteiger partial charge in [-0.2, -0.15) is 0 Å². The minimum Gasteiger partial charge on any atom is -0.467 e. The molecule has 0 fully saturated rings. The number of carbonyl (C=O) groups is 2. The number of nitrogens with one attached hydrogen (secondary N) is 2. The van der Waals surface area contributed by atoms with Gasteiger partial charge >= 0.3 is 6.03 Å². The van der Waals surface area contributed by atoms with Crippen molar-refractivity contribution in [2.45, 2.75) is 25.5 Å². The highest BCUT2D eigenvalue weighted by molar-refractivity contribution is 7.99. The van der Waals surface area contributed by atoms with E-state index in [-0.39, 0.29) is 17.9 Å². The molecule has 0 aliphatic carbocycles. The van der Waals surface area contributed by atoms with Gasteiger partial charge in [0.2, 0.25) is 5.91 Å². The van der Waals surface area contributed by atoms with Gasteiger partial charge in [0.15, 0.2) is 5.16 Å². The van der Waals surface area contributed by atoms with Crippen molar-refractivity contribution in [2.75, 3.05) is 5.75 Å². The number of hydrogen-bond donors (Lipinski definition) is 2. The number of nitrogens with zero attached hydrogens (tertiary/aromatic N) is 2. The Morgan fingerprint density at radius 1 is 1.09 bits per heavy atom. The highest BCUT2D eigenvalue weighted by atomic mass is 32.2. The minimum atomic E-state index is -0.629. The van der Waals surface area contributed by atoms with E-state index in [0.717, 1.165) is 22.9 Å². The highest BCUT2D eigenvalue weighted by Gasteiger charge is 2.17. The summed E-state index contributed by atoms with van der Waals surface area (Å²) in [5.74, 6) is -0.0273. The van der Waals surface area contributed by atoms with Crippen molar-refractivity contribution < 1.29 is 14.0 Å². The Bertz CT molecular complexity index is 1380. The molecule has 0 spiro atoms. The van der Waals surface area contributed by atoms with E-state index in [2.05, 4.69) is 15.6 Å². The SMILES string of the molecule is Cc1ccc(-n2c(SCC(=O)NC(=O)NCc3ccco3)nc3ccccc3c2=O)c(C)c1. The third-order valence-electron chi connectivity index (χ3n) is 4.93. The predicted octanol–water partition coefficient (Wildman–Crippen LogP) is 3.71. The fraction of sp³-hybridized carbons (Fsp3) is 0.167. The fourth-order valence-electron chi connectivity index (χ4n) is 3.40. The molecule has 0 aliphatic rings. The number of amides is 3. The highest BCUT2D eigenvalue weighted by Crippen LogP contribution is 2.23. The van der Waals surface area contributed by atoms with Crippen LogP contribution in [-0.4, -0.2) is 27.2 Å². The van der Waals surface area contributed by atoms with Crippen LogP contribution in [0.5, 0.6) is 0 Å². The fourth-order valence-corrected chi connectivity index (χ4v) is 4.20. The average Bonchev–Trinajstić information content (AvgIpc) is 3.31. The van der Waals surface area contributed by atoms with Crippen LogP contribution in [0.4, 0.5) is 4.79 Å². The van der Waals surface area contributed by atoms with Gasteiger partial charge in [0, 0.05) is 0 Å². The molecule has 0 saturated heterocycles. The maximum atomic E-state index is 13.3. The Hall–Kier alpha value is -3.85. The van der Waals surface area contributed by atoms with Crippen molar-refractivity contribution in [3.8, 4) is 5.69 Å². The number of urea groups is 1. The van der Waals surface area contributed by atoms with E-state index < -0.39 is 11.9 Å². The molecule has 0 radical (unpaired) electrons. The zero-order chi connectivity index (χ0) is 23.4. The number of aromatic nitrogens is 2. The molecule has 0 unspecified atom stereocenters. The topological polar surface area (TPSA) is 106 Å². The molecule has 2 aromatic heterocycles. The summed E-state index contributed by atoms with van der Waals surface area (Å²) in [5.41, 5.74) is 3.02. The van der Waals surface area contributed by atoms with Crippen molar-refractivity contribution in [2.24, 2.45) is 0 Å². The second kappa shape index (κ2) is 9.74. The van der Waals surface area contributed by atoms with Crippen molar-refractivity contribution in [3.05, 3.63) is 88.1 Å². The molecule has 8 nitrogen and oxygen atoms in total. The average molecular weight is 463 g/mol. The summed E-state index contributed by atoms with van der Waals surface area (Å²) in [7, 11) is 0. The Labute approximate surface area is 194 Å². The van der Waals surface area contributed by atoms with E-state index >= 15 is 0 Å². The Kier molecular flexibility index (Phi) is 6.60. The van der Waals surface area contributed by atoms with Gasteiger partial charge in [-0.1, -0.05) is 41.6 Å². The molecule has 2 heterocycles. The monoisotopic (exact) mass is 462 g/mol. The van der Waals surface area contributed by atoms with E-state index in [4.69, 9.17) is 4.42 Å². The zero-order valence-corrected chi connectivity index (χ0v) is 18.9. The molecule has 0 atom stereocenters. The number of aryl methyl sites for hydroxylation is 2. The summed E-state index contributed by atoms with van der Waals surface area (Å²) >= 11 is 1.09. The zero-order valence-electron chi connectivity index (χ0n) is 18.1. The Balaban J connectivity index is 1.56. The maximum absolute atomic E-state index is 13.3. The summed E-state index contributed by atoms with van der Waals surface area (Å²) < 4.78 is 6.66. The predicted molar refractivity (Wildman–Crippen MR) is 127 cm³/mol. The van der Waals surface area contributed by atoms with Crippen LogP contribution in [0.15, 0.2) is 75.2 Å². The standard InChI is InChI=1S/C24H22N4O4S/c1-15-9-10-20(16(2)12-15)28-22(30)18-7-3-4-8-19(18)26-24(28)33-14-21(29)27-23(31)25-13-17-6-5-11-32-17/h3-12H,13-14H2,1-2H3,(H2,25,27,29,31). The van der Waals surface area contributed by atoms with Gasteiger partial charge < -0.3 is 9.73 Å². The number of carbonyl (C=O) groups excluding carboxylic acids is 2. The number of rotatable bonds is 6. The first-order valence-electron chi connectivity index (χ1n) is 10.2. The number of fused-ring (bicyclic) bond motifs is 1. The molecule has 4 aromatic rings. The van der Waals surface area contributed by atoms with Crippen LogP contribution in [-0.2, 0) is 11.3 Å². The minimum absolute atomic E-state index is 0.0934. The summed E-state index contributed by atoms with van der Waals surface area (Å²) in [4.78, 5) is 42.3. The third kappa shape index (κ3) is 5.15. The lowest BCUT2D eigenvalue weighted by atomic mass is 10.1. The lowest BCUT2D eigenvalue weighted by molar-refractivity contribution is -0.117. The maximum Gasteiger partial charge on any atom is 0.321 e. The number of hydrogen-bond acceptors (Lipinski definition) is 6. The van der Waals surface area contributed by atoms with Crippen LogP contribution in [0.2, 0.25) is 0 Å². The van der Waals surface area contributed by atoms with Gasteiger partial charge in [-0.3, -0.25) is 19.5 Å². The van der Waals surface area contributed by atoms with E-state index in [1.54, 1.807) is 36.4 Å². The van der Waals surface area contributed by atoms with Gasteiger partial charge in [-0.15, -0.1) is 0 Å². The number of thioether (sulfide) groups is 1. The second-order valence-corrected chi connectivity index (χ2v) is 8.38. The van der Waals surface area contributed by atoms with Crippen molar-refractivity contribution >= 4 is 34.6 Å². The molecular formula is C24H22N4O4S. The van der Waals surface area contributed by atoms with Crippen LogP contribution >= 0.6 is 11.8 Å². The number of furan rings is 1. The number of para-hydroxylation sites is 1. The lowest BCUT2D eigenvalue weighted by Crippen LogP contribution is -2.40. The third-order valence-corrected chi connectivity index (χ3v) is 5.87. The van der Waals surface area contributed by atoms with Crippen LogP contribution in [0, 0.1) is 13.8 Å². The molecule has 168 valence electrons. The van der Waals surface area contributed by atoms with E-state index in [0.29, 0.717) is 27.5 Å². The molecule has 2 aromatic carbocycles. The Morgan fingerprint density at radius 2 is 1.91 bits per heavy atom. The molecule has 0 bridgehead atoms. The van der Waals surface area contributed by atoms with Crippen molar-refractivity contribution in [1.82, 2.24) is 20.2 Å². The molecule has 33 heavy (non-hydrogen) atoms. The van der Waals surface area contributed by atoms with Gasteiger partial charge in [0.25, 0.3) is 5.56 Å². The van der Waals surface area contributed by atoms with Crippen LogP contribution in [0.25, 0.3) is 16.6 Å². The summed E-state index contributed by atoms with van der Waals surface area (Å²) in [6.07, 6.45) is 1.50. The summed E-state index contributed by atoms with van der Waals surface area (Å²) in [6.45, 7) is 4.07. The van der Waals surface area contributed by atoms with E-state index in [1.165, 1.54) is 10.8 Å². The molecule has 2 N–H and O–H groups in total. The molecule has 4 rings (SSSR count). The molecule has 0 aliphatic heterocycles. The van der Waals surface area contributed by atoms with Gasteiger partial charge in [-0.05, 0) is 49.7 Å². The van der Waals surface area contributed by atoms with Gasteiger partial charge in [0.05, 0.1) is 35.2 Å². The van der Waals surface area contributed by atoms with Crippen LogP contribution in [0.3, 0.4) is 0 Å². The first-order chi connectivity index (χ1) is 15.9. The van der Waals surface area contributed by atoms with E-state index in [9.17, 15) is 14.4 Å². The normalized spacial score (nSPS) is 10.8. The molecule has 0 saturated carbocycles. The Morgan fingerprint density at radius 3 is 2.67 bits per heavy atom. The number of imide groups is 1. The number of benzene rings is 2. The summed E-state index contributed by atoms with van der Waals surface area (Å²) in [5, 5.41) is 5.69. The van der Waals surface area contributed by atoms with Crippen LogP contribution in [0.1, 0.15) is 16.9 Å². The van der Waals surface area contributed by atoms with E-state index in [1.807, 2.05) is 32.0 Å². The molecule has 9 heteroatoms. The van der Waals surface area contributed by atoms with Crippen molar-refractivity contribution in [3.63, 3.8) is 0 Å². The van der Waals surface area contributed by atoms with Crippen molar-refractivity contribution in [1.29, 1.82) is 0 Å². The molecular weight excluding hydrogens is 440 g/mol. The quantitative estimate of drug-likeness (QED) is 0.334. The first-order valence-corrected chi connectivity index (χ1v) is 11.2. The van der Waals surface area contributed by atoms with Crippen LogP contribution < -0.4 is 16.2 Å². The lowest BCUT2D eigenvalue weighted by Gasteiger charge is -2.15. The molecule has 3 amide bonds. The second-order valence-electron chi connectivity index (χ2n) is 7.44. The van der Waals surface area contributed by atoms with Gasteiger partial charge in [0.1, 0.15) is 5.76 Å². The first kappa shape index (κ1) is 22.3. The summed E-state index contributed by atoms with van der Waals surface area (Å²) in [6, 6.07) is 15.7. The van der Waals surface area contributed by atoms with Gasteiger partial charge in [-0.25, -0.2) is 9.78 Å².